The third-order valence-electron chi connectivity index (χ3n) is 1.06. The van der Waals surface area contributed by atoms with Gasteiger partial charge in [-0.2, -0.15) is 0 Å². The van der Waals surface area contributed by atoms with Crippen LogP contribution in [0.15, 0.2) is 17.5 Å². The van der Waals surface area contributed by atoms with Gasteiger partial charge in [0.15, 0.2) is 0 Å². The van der Waals surface area contributed by atoms with Crippen LogP contribution in [0.2, 0.25) is 0 Å². The number of ether oxygens (including phenoxy) is 1. The van der Waals surface area contributed by atoms with Gasteiger partial charge in [-0.1, -0.05) is 5.16 Å². The lowest BCUT2D eigenvalue weighted by Crippen LogP contribution is -2.17. The Morgan fingerprint density at radius 3 is 3.08 bits per heavy atom. The van der Waals surface area contributed by atoms with E-state index in [0.29, 0.717) is 5.69 Å². The Kier molecular flexibility index (Phi) is 2.74. The topological polar surface area (TPSA) is 111 Å². The van der Waals surface area contributed by atoms with Crippen molar-refractivity contribution in [1.82, 2.24) is 9.97 Å². The molecule has 0 spiro atoms. The zero-order valence-electron chi connectivity index (χ0n) is 6.41. The Hall–Kier alpha value is -2.18. The fourth-order valence-corrected chi connectivity index (χ4v) is 0.642. The van der Waals surface area contributed by atoms with Gasteiger partial charge in [-0.05, 0) is 0 Å². The molecular formula is C6H6N4O3. The molecule has 1 aromatic heterocycles. The van der Waals surface area contributed by atoms with Gasteiger partial charge in [0.2, 0.25) is 5.88 Å². The van der Waals surface area contributed by atoms with Crippen LogP contribution in [0.4, 0.5) is 4.79 Å². The first-order valence-electron chi connectivity index (χ1n) is 3.19. The first kappa shape index (κ1) is 8.91. The Morgan fingerprint density at radius 2 is 2.46 bits per heavy atom. The van der Waals surface area contributed by atoms with Crippen molar-refractivity contribution in [2.75, 3.05) is 0 Å². The van der Waals surface area contributed by atoms with Crippen LogP contribution in [0.5, 0.6) is 5.88 Å². The van der Waals surface area contributed by atoms with Gasteiger partial charge in [0, 0.05) is 6.07 Å². The number of aromatic nitrogens is 2. The third kappa shape index (κ3) is 2.73. The maximum atomic E-state index is 10.3. The minimum atomic E-state index is -0.967. The van der Waals surface area contributed by atoms with E-state index < -0.39 is 6.09 Å². The van der Waals surface area contributed by atoms with Crippen molar-refractivity contribution in [3.05, 3.63) is 18.1 Å². The molecule has 0 aromatic carbocycles. The molecule has 0 atom stereocenters. The maximum absolute atomic E-state index is 10.3. The van der Waals surface area contributed by atoms with Gasteiger partial charge in [-0.3, -0.25) is 0 Å². The van der Waals surface area contributed by atoms with E-state index in [4.69, 9.17) is 10.9 Å². The van der Waals surface area contributed by atoms with E-state index in [0.717, 1.165) is 12.5 Å². The number of hydrogen-bond donors (Lipinski definition) is 2. The Balaban J connectivity index is 2.85. The summed E-state index contributed by atoms with van der Waals surface area (Å²) in [4.78, 5) is 17.6. The van der Waals surface area contributed by atoms with Crippen LogP contribution in [0, 0.1) is 0 Å². The highest BCUT2D eigenvalue weighted by Gasteiger charge is 2.00. The summed E-state index contributed by atoms with van der Waals surface area (Å²) in [6, 6.07) is 1.30. The van der Waals surface area contributed by atoms with Crippen molar-refractivity contribution in [3.8, 4) is 5.88 Å². The van der Waals surface area contributed by atoms with Crippen LogP contribution in [0.1, 0.15) is 5.69 Å². The molecule has 7 nitrogen and oxygen atoms in total. The van der Waals surface area contributed by atoms with Gasteiger partial charge >= 0.3 is 6.09 Å². The Labute approximate surface area is 72.9 Å². The molecule has 0 radical (unpaired) electrons. The standard InChI is InChI=1S/C6H6N4O3/c7-6(11)13-5-1-4(2-10-12)8-3-9-5/h1-3,12H,(H2,7,11). The molecule has 7 heteroatoms. The van der Waals surface area contributed by atoms with E-state index in [-0.39, 0.29) is 5.88 Å². The SMILES string of the molecule is NC(=O)Oc1cc(C=NO)ncn1. The minimum absolute atomic E-state index is 0.00241. The number of nitrogens with zero attached hydrogens (tertiary/aromatic N) is 3. The molecule has 0 unspecified atom stereocenters. The molecule has 0 aliphatic heterocycles. The molecular weight excluding hydrogens is 176 g/mol. The van der Waals surface area contributed by atoms with Crippen LogP contribution >= 0.6 is 0 Å². The van der Waals surface area contributed by atoms with E-state index in [2.05, 4.69) is 19.9 Å². The Morgan fingerprint density at radius 1 is 1.69 bits per heavy atom. The van der Waals surface area contributed by atoms with Crippen molar-refractivity contribution in [2.24, 2.45) is 10.9 Å². The summed E-state index contributed by atoms with van der Waals surface area (Å²) in [5, 5.41) is 10.9. The maximum Gasteiger partial charge on any atom is 0.411 e. The molecule has 1 amide bonds. The fourth-order valence-electron chi connectivity index (χ4n) is 0.642. The molecule has 68 valence electrons. The molecule has 1 aromatic rings. The monoisotopic (exact) mass is 182 g/mol. The lowest BCUT2D eigenvalue weighted by Gasteiger charge is -1.98. The van der Waals surface area contributed by atoms with Crippen molar-refractivity contribution >= 4 is 12.3 Å². The average Bonchev–Trinajstić information content (AvgIpc) is 2.04. The largest absolute Gasteiger partial charge is 0.411 e. The zero-order valence-corrected chi connectivity index (χ0v) is 6.41. The fraction of sp³-hybridized carbons (Fsp3) is 0. The summed E-state index contributed by atoms with van der Waals surface area (Å²) in [6.45, 7) is 0. The normalized spacial score (nSPS) is 10.2. The van der Waals surface area contributed by atoms with Gasteiger partial charge in [0.25, 0.3) is 0 Å². The number of carbonyl (C=O) groups is 1. The number of amides is 1. The van der Waals surface area contributed by atoms with E-state index >= 15 is 0 Å². The second-order valence-electron chi connectivity index (χ2n) is 1.95. The summed E-state index contributed by atoms with van der Waals surface area (Å²) < 4.78 is 4.45. The number of oxime groups is 1. The average molecular weight is 182 g/mol. The van der Waals surface area contributed by atoms with E-state index in [9.17, 15) is 4.79 Å². The van der Waals surface area contributed by atoms with Gasteiger partial charge in [-0.15, -0.1) is 0 Å². The molecule has 1 rings (SSSR count). The lowest BCUT2D eigenvalue weighted by atomic mass is 10.4. The molecule has 0 aliphatic rings. The first-order chi connectivity index (χ1) is 6.22. The van der Waals surface area contributed by atoms with Crippen LogP contribution in [0.3, 0.4) is 0 Å². The summed E-state index contributed by atoms with van der Waals surface area (Å²) in [5.74, 6) is -0.00241. The van der Waals surface area contributed by atoms with E-state index in [1.165, 1.54) is 6.07 Å². The van der Waals surface area contributed by atoms with E-state index in [1.54, 1.807) is 0 Å². The highest BCUT2D eigenvalue weighted by atomic mass is 16.6. The second kappa shape index (κ2) is 4.00. The summed E-state index contributed by atoms with van der Waals surface area (Å²) in [5.41, 5.74) is 5.04. The molecule has 1 heterocycles. The Bertz CT molecular complexity index is 338. The molecule has 0 fully saturated rings. The van der Waals surface area contributed by atoms with Crippen molar-refractivity contribution < 1.29 is 14.7 Å². The molecule has 13 heavy (non-hydrogen) atoms. The van der Waals surface area contributed by atoms with Gasteiger partial charge < -0.3 is 15.7 Å². The highest BCUT2D eigenvalue weighted by molar-refractivity contribution is 5.77. The van der Waals surface area contributed by atoms with Crippen molar-refractivity contribution in [3.63, 3.8) is 0 Å². The van der Waals surface area contributed by atoms with Crippen LogP contribution < -0.4 is 10.5 Å². The van der Waals surface area contributed by atoms with Gasteiger partial charge in [0.1, 0.15) is 6.33 Å². The predicted octanol–water partition coefficient (Wildman–Crippen LogP) is -0.258. The van der Waals surface area contributed by atoms with E-state index in [1.807, 2.05) is 0 Å². The molecule has 3 N–H and O–H groups in total. The quantitative estimate of drug-likeness (QED) is 0.372. The molecule has 0 aliphatic carbocycles. The highest BCUT2D eigenvalue weighted by Crippen LogP contribution is 2.04. The number of hydrogen-bond acceptors (Lipinski definition) is 6. The molecule has 0 saturated heterocycles. The van der Waals surface area contributed by atoms with Crippen LogP contribution in [0.25, 0.3) is 0 Å². The number of nitrogens with two attached hydrogens (primary N) is 1. The van der Waals surface area contributed by atoms with Gasteiger partial charge in [-0.25, -0.2) is 14.8 Å². The minimum Gasteiger partial charge on any atom is -0.411 e. The summed E-state index contributed by atoms with van der Waals surface area (Å²) in [7, 11) is 0. The van der Waals surface area contributed by atoms with Crippen LogP contribution in [-0.4, -0.2) is 27.5 Å². The van der Waals surface area contributed by atoms with Gasteiger partial charge in [0.05, 0.1) is 11.9 Å². The molecule has 0 saturated carbocycles. The third-order valence-corrected chi connectivity index (χ3v) is 1.06. The number of primary amides is 1. The lowest BCUT2D eigenvalue weighted by molar-refractivity contribution is 0.209. The predicted molar refractivity (Wildman–Crippen MR) is 41.6 cm³/mol. The summed E-state index contributed by atoms with van der Waals surface area (Å²) >= 11 is 0. The second-order valence-corrected chi connectivity index (χ2v) is 1.95. The van der Waals surface area contributed by atoms with Crippen molar-refractivity contribution in [2.45, 2.75) is 0 Å². The first-order valence-corrected chi connectivity index (χ1v) is 3.19. The van der Waals surface area contributed by atoms with Crippen LogP contribution in [-0.2, 0) is 0 Å². The summed E-state index contributed by atoms with van der Waals surface area (Å²) in [6.07, 6.45) is 1.25. The zero-order chi connectivity index (χ0) is 9.68. The molecule has 0 bridgehead atoms. The number of carbonyl (C=O) groups excluding carboxylic acids is 1. The van der Waals surface area contributed by atoms with Crippen molar-refractivity contribution in [1.29, 1.82) is 0 Å². The smallest absolute Gasteiger partial charge is 0.411 e. The number of rotatable bonds is 2.